The van der Waals surface area contributed by atoms with Crippen LogP contribution in [-0.2, 0) is 0 Å². The third kappa shape index (κ3) is 2.83. The highest BCUT2D eigenvalue weighted by Gasteiger charge is 2.25. The van der Waals surface area contributed by atoms with Crippen molar-refractivity contribution in [3.63, 3.8) is 0 Å². The molecule has 2 atom stereocenters. The summed E-state index contributed by atoms with van der Waals surface area (Å²) in [5.74, 6) is -0.103. The maximum atomic E-state index is 13.6. The molecule has 2 unspecified atom stereocenters. The van der Waals surface area contributed by atoms with Crippen molar-refractivity contribution in [2.45, 2.75) is 45.7 Å². The Balaban J connectivity index is 2.08. The third-order valence-electron chi connectivity index (χ3n) is 3.86. The van der Waals surface area contributed by atoms with Gasteiger partial charge in [0.25, 0.3) is 0 Å². The van der Waals surface area contributed by atoms with Crippen molar-refractivity contribution in [1.82, 2.24) is 5.32 Å². The van der Waals surface area contributed by atoms with Crippen LogP contribution >= 0.6 is 0 Å². The van der Waals surface area contributed by atoms with Gasteiger partial charge in [-0.3, -0.25) is 0 Å². The average molecular weight is 250 g/mol. The van der Waals surface area contributed by atoms with Gasteiger partial charge in [0.15, 0.2) is 0 Å². The fourth-order valence-electron chi connectivity index (χ4n) is 2.79. The first kappa shape index (κ1) is 13.3. The van der Waals surface area contributed by atoms with E-state index in [4.69, 9.17) is 0 Å². The van der Waals surface area contributed by atoms with Crippen molar-refractivity contribution in [3.8, 4) is 0 Å². The molecule has 1 heterocycles. The zero-order valence-electron chi connectivity index (χ0n) is 11.5. The third-order valence-corrected chi connectivity index (χ3v) is 3.86. The molecule has 3 heteroatoms. The first-order chi connectivity index (χ1) is 8.61. The van der Waals surface area contributed by atoms with Gasteiger partial charge in [0, 0.05) is 24.3 Å². The first-order valence-electron chi connectivity index (χ1n) is 6.88. The van der Waals surface area contributed by atoms with Crippen molar-refractivity contribution in [2.24, 2.45) is 0 Å². The van der Waals surface area contributed by atoms with Crippen LogP contribution < -0.4 is 10.2 Å². The summed E-state index contributed by atoms with van der Waals surface area (Å²) in [5.41, 5.74) is 1.73. The topological polar surface area (TPSA) is 15.3 Å². The molecule has 100 valence electrons. The fraction of sp³-hybridized carbons (Fsp3) is 0.600. The number of hydrogen-bond acceptors (Lipinski definition) is 2. The van der Waals surface area contributed by atoms with Gasteiger partial charge in [0.2, 0.25) is 0 Å². The summed E-state index contributed by atoms with van der Waals surface area (Å²) in [4.78, 5) is 2.32. The van der Waals surface area contributed by atoms with Crippen LogP contribution in [0.2, 0.25) is 0 Å². The summed E-state index contributed by atoms with van der Waals surface area (Å²) in [6.07, 6.45) is 2.26. The normalized spacial score (nSPS) is 24.3. The van der Waals surface area contributed by atoms with Gasteiger partial charge in [-0.1, -0.05) is 13.0 Å². The van der Waals surface area contributed by atoms with E-state index in [0.717, 1.165) is 31.6 Å². The Labute approximate surface area is 109 Å². The Morgan fingerprint density at radius 3 is 2.83 bits per heavy atom. The van der Waals surface area contributed by atoms with Gasteiger partial charge in [-0.25, -0.2) is 4.39 Å². The Kier molecular flexibility index (Phi) is 4.23. The molecule has 1 fully saturated rings. The fourth-order valence-corrected chi connectivity index (χ4v) is 2.79. The maximum absolute atomic E-state index is 13.6. The highest BCUT2D eigenvalue weighted by Crippen LogP contribution is 2.26. The lowest BCUT2D eigenvalue weighted by molar-refractivity contribution is 0.374. The molecule has 0 amide bonds. The molecule has 1 aliphatic rings. The number of hydrogen-bond donors (Lipinski definition) is 1. The van der Waals surface area contributed by atoms with E-state index in [2.05, 4.69) is 24.1 Å². The molecule has 1 N–H and O–H groups in total. The number of piperidine rings is 1. The van der Waals surface area contributed by atoms with Crippen molar-refractivity contribution in [2.75, 3.05) is 18.0 Å². The van der Waals surface area contributed by atoms with Crippen LogP contribution in [0.15, 0.2) is 18.2 Å². The summed E-state index contributed by atoms with van der Waals surface area (Å²) < 4.78 is 13.6. The molecule has 2 nitrogen and oxygen atoms in total. The molecule has 0 bridgehead atoms. The molecule has 0 aromatic heterocycles. The quantitative estimate of drug-likeness (QED) is 0.886. The van der Waals surface area contributed by atoms with E-state index in [-0.39, 0.29) is 5.82 Å². The van der Waals surface area contributed by atoms with Gasteiger partial charge in [-0.05, 0) is 50.9 Å². The lowest BCUT2D eigenvalue weighted by Crippen LogP contribution is -2.47. The zero-order chi connectivity index (χ0) is 13.1. The SMILES string of the molecule is CCNC1CCN(c2ccc(C)c(F)c2)C(C)C1. The first-order valence-corrected chi connectivity index (χ1v) is 6.88. The van der Waals surface area contributed by atoms with Crippen LogP contribution in [0, 0.1) is 12.7 Å². The molecule has 0 radical (unpaired) electrons. The minimum atomic E-state index is -0.103. The van der Waals surface area contributed by atoms with Crippen LogP contribution in [0.4, 0.5) is 10.1 Å². The number of rotatable bonds is 3. The van der Waals surface area contributed by atoms with E-state index in [0.29, 0.717) is 17.6 Å². The minimum absolute atomic E-state index is 0.103. The molecule has 1 aliphatic heterocycles. The zero-order valence-corrected chi connectivity index (χ0v) is 11.5. The largest absolute Gasteiger partial charge is 0.369 e. The Morgan fingerprint density at radius 2 is 2.22 bits per heavy atom. The van der Waals surface area contributed by atoms with Gasteiger partial charge >= 0.3 is 0 Å². The van der Waals surface area contributed by atoms with E-state index in [1.54, 1.807) is 13.0 Å². The molecular formula is C15H23FN2. The Bertz CT molecular complexity index is 405. The highest BCUT2D eigenvalue weighted by atomic mass is 19.1. The highest BCUT2D eigenvalue weighted by molar-refractivity contribution is 5.49. The van der Waals surface area contributed by atoms with Gasteiger partial charge in [-0.15, -0.1) is 0 Å². The van der Waals surface area contributed by atoms with Crippen molar-refractivity contribution in [1.29, 1.82) is 0 Å². The molecule has 2 rings (SSSR count). The number of nitrogens with zero attached hydrogens (tertiary/aromatic N) is 1. The molecule has 0 saturated carbocycles. The van der Waals surface area contributed by atoms with E-state index >= 15 is 0 Å². The van der Waals surface area contributed by atoms with E-state index in [1.165, 1.54) is 0 Å². The van der Waals surface area contributed by atoms with Crippen LogP contribution in [0.3, 0.4) is 0 Å². The van der Waals surface area contributed by atoms with Crippen molar-refractivity contribution >= 4 is 5.69 Å². The lowest BCUT2D eigenvalue weighted by atomic mass is 9.97. The maximum Gasteiger partial charge on any atom is 0.128 e. The van der Waals surface area contributed by atoms with E-state index < -0.39 is 0 Å². The second-order valence-electron chi connectivity index (χ2n) is 5.25. The number of halogens is 1. The second kappa shape index (κ2) is 5.70. The summed E-state index contributed by atoms with van der Waals surface area (Å²) in [6.45, 7) is 8.20. The minimum Gasteiger partial charge on any atom is -0.369 e. The molecule has 0 spiro atoms. The van der Waals surface area contributed by atoms with Crippen LogP contribution in [0.5, 0.6) is 0 Å². The van der Waals surface area contributed by atoms with Crippen molar-refractivity contribution < 1.29 is 4.39 Å². The molecule has 0 aliphatic carbocycles. The monoisotopic (exact) mass is 250 g/mol. The predicted octanol–water partition coefficient (Wildman–Crippen LogP) is 3.10. The average Bonchev–Trinajstić information content (AvgIpc) is 2.34. The summed E-state index contributed by atoms with van der Waals surface area (Å²) in [6, 6.07) is 6.64. The van der Waals surface area contributed by atoms with Gasteiger partial charge in [0.1, 0.15) is 5.82 Å². The molecule has 1 aromatic rings. The lowest BCUT2D eigenvalue weighted by Gasteiger charge is -2.39. The summed E-state index contributed by atoms with van der Waals surface area (Å²) >= 11 is 0. The Hall–Kier alpha value is -1.09. The van der Waals surface area contributed by atoms with Gasteiger partial charge < -0.3 is 10.2 Å². The van der Waals surface area contributed by atoms with Crippen LogP contribution in [0.1, 0.15) is 32.3 Å². The summed E-state index contributed by atoms with van der Waals surface area (Å²) in [7, 11) is 0. The van der Waals surface area contributed by atoms with Crippen LogP contribution in [-0.4, -0.2) is 25.2 Å². The van der Waals surface area contributed by atoms with E-state index in [1.807, 2.05) is 12.1 Å². The summed E-state index contributed by atoms with van der Waals surface area (Å²) in [5, 5.41) is 3.51. The molecular weight excluding hydrogens is 227 g/mol. The van der Waals surface area contributed by atoms with E-state index in [9.17, 15) is 4.39 Å². The molecule has 1 saturated heterocycles. The number of aryl methyl sites for hydroxylation is 1. The number of anilines is 1. The van der Waals surface area contributed by atoms with Crippen molar-refractivity contribution in [3.05, 3.63) is 29.6 Å². The molecule has 1 aromatic carbocycles. The predicted molar refractivity (Wildman–Crippen MR) is 74.6 cm³/mol. The smallest absolute Gasteiger partial charge is 0.128 e. The number of benzene rings is 1. The van der Waals surface area contributed by atoms with Gasteiger partial charge in [0.05, 0.1) is 0 Å². The van der Waals surface area contributed by atoms with Gasteiger partial charge in [-0.2, -0.15) is 0 Å². The standard InChI is InChI=1S/C15H23FN2/c1-4-17-13-7-8-18(12(3)9-13)14-6-5-11(2)15(16)10-14/h5-6,10,12-13,17H,4,7-9H2,1-3H3. The molecule has 18 heavy (non-hydrogen) atoms. The second-order valence-corrected chi connectivity index (χ2v) is 5.25. The number of nitrogens with one attached hydrogen (secondary N) is 1. The van der Waals surface area contributed by atoms with Crippen LogP contribution in [0.25, 0.3) is 0 Å². The Morgan fingerprint density at radius 1 is 1.44 bits per heavy atom.